The number of aryl methyl sites for hydroxylation is 1. The molecular formula is C27H32S. The lowest BCUT2D eigenvalue weighted by Crippen LogP contribution is -2.10. The van der Waals surface area contributed by atoms with Crippen LogP contribution in [0.15, 0.2) is 60.0 Å². The molecule has 0 aromatic heterocycles. The van der Waals surface area contributed by atoms with Gasteiger partial charge in [0.1, 0.15) is 0 Å². The van der Waals surface area contributed by atoms with Crippen LogP contribution in [0.2, 0.25) is 0 Å². The molecule has 1 aliphatic heterocycles. The van der Waals surface area contributed by atoms with Crippen molar-refractivity contribution in [3.63, 3.8) is 0 Å². The van der Waals surface area contributed by atoms with E-state index in [9.17, 15) is 0 Å². The third kappa shape index (κ3) is 4.30. The predicted molar refractivity (Wildman–Crippen MR) is 127 cm³/mol. The van der Waals surface area contributed by atoms with Gasteiger partial charge in [0.25, 0.3) is 0 Å². The molecule has 1 heterocycles. The normalized spacial score (nSPS) is 18.1. The lowest BCUT2D eigenvalue weighted by molar-refractivity contribution is 0.495. The molecule has 0 fully saturated rings. The van der Waals surface area contributed by atoms with Crippen LogP contribution in [0.3, 0.4) is 0 Å². The number of benzene rings is 3. The summed E-state index contributed by atoms with van der Waals surface area (Å²) in [5.74, 6) is 2.10. The van der Waals surface area contributed by atoms with E-state index in [1.165, 1.54) is 78.7 Å². The van der Waals surface area contributed by atoms with Crippen molar-refractivity contribution in [2.45, 2.75) is 64.2 Å². The summed E-state index contributed by atoms with van der Waals surface area (Å²) < 4.78 is 0. The van der Waals surface area contributed by atoms with Gasteiger partial charge in [0.2, 0.25) is 0 Å². The molecule has 0 radical (unpaired) electrons. The molecule has 0 bridgehead atoms. The molecular weight excluding hydrogens is 356 g/mol. The molecule has 1 unspecified atom stereocenters. The minimum Gasteiger partial charge on any atom is -0.134 e. The Hall–Kier alpha value is -1.73. The standard InChI is InChI=1S/C23H26.C4H6S/c1-2-3-4-8-17-10-7-12-21-20(17)15-16-22-19-11-6-5-9-18(19)13-14-23(21)22;1-2-4-5-3-1/h5-6,9,11,13-17H,2-4,7-8,10,12H2,1H3;1,3H,2,4H2. The summed E-state index contributed by atoms with van der Waals surface area (Å²) in [4.78, 5) is 0. The van der Waals surface area contributed by atoms with Gasteiger partial charge in [-0.05, 0) is 76.1 Å². The first-order valence-corrected chi connectivity index (χ1v) is 12.1. The number of unbranched alkanes of at least 4 members (excludes halogenated alkanes) is 2. The summed E-state index contributed by atoms with van der Waals surface area (Å²) >= 11 is 1.89. The highest BCUT2D eigenvalue weighted by molar-refractivity contribution is 8.02. The van der Waals surface area contributed by atoms with Crippen LogP contribution < -0.4 is 0 Å². The first-order valence-electron chi connectivity index (χ1n) is 11.1. The van der Waals surface area contributed by atoms with Crippen molar-refractivity contribution >= 4 is 33.3 Å². The molecule has 0 saturated carbocycles. The number of allylic oxidation sites excluding steroid dienone is 1. The Labute approximate surface area is 174 Å². The van der Waals surface area contributed by atoms with E-state index in [1.54, 1.807) is 11.1 Å². The molecule has 146 valence electrons. The van der Waals surface area contributed by atoms with Gasteiger partial charge in [-0.2, -0.15) is 0 Å². The van der Waals surface area contributed by atoms with Gasteiger partial charge in [-0.3, -0.25) is 0 Å². The van der Waals surface area contributed by atoms with Crippen LogP contribution in [0.1, 0.15) is 68.9 Å². The first kappa shape index (κ1) is 19.6. The van der Waals surface area contributed by atoms with Gasteiger partial charge < -0.3 is 0 Å². The number of hydrogen-bond acceptors (Lipinski definition) is 1. The van der Waals surface area contributed by atoms with Gasteiger partial charge in [-0.1, -0.05) is 80.8 Å². The maximum absolute atomic E-state index is 2.44. The van der Waals surface area contributed by atoms with Crippen molar-refractivity contribution in [2.24, 2.45) is 0 Å². The van der Waals surface area contributed by atoms with Gasteiger partial charge in [0.15, 0.2) is 0 Å². The molecule has 0 nitrogen and oxygen atoms in total. The fraction of sp³-hybridized carbons (Fsp3) is 0.407. The van der Waals surface area contributed by atoms with E-state index in [4.69, 9.17) is 0 Å². The van der Waals surface area contributed by atoms with E-state index in [-0.39, 0.29) is 0 Å². The van der Waals surface area contributed by atoms with E-state index < -0.39 is 0 Å². The van der Waals surface area contributed by atoms with Crippen LogP contribution in [0.25, 0.3) is 21.5 Å². The summed E-state index contributed by atoms with van der Waals surface area (Å²) in [7, 11) is 0. The fourth-order valence-electron chi connectivity index (χ4n) is 4.79. The van der Waals surface area contributed by atoms with Crippen LogP contribution in [-0.2, 0) is 6.42 Å². The van der Waals surface area contributed by atoms with Crippen LogP contribution >= 0.6 is 11.8 Å². The summed E-state index contributed by atoms with van der Waals surface area (Å²) in [5, 5.41) is 7.86. The average molecular weight is 389 g/mol. The van der Waals surface area contributed by atoms with Gasteiger partial charge >= 0.3 is 0 Å². The van der Waals surface area contributed by atoms with Crippen LogP contribution in [0.5, 0.6) is 0 Å². The molecule has 3 aromatic rings. The van der Waals surface area contributed by atoms with Crippen LogP contribution in [0, 0.1) is 0 Å². The molecule has 0 N–H and O–H groups in total. The Morgan fingerprint density at radius 3 is 2.61 bits per heavy atom. The predicted octanol–water partition coefficient (Wildman–Crippen LogP) is 8.63. The molecule has 1 atom stereocenters. The Bertz CT molecular complexity index is 947. The second-order valence-electron chi connectivity index (χ2n) is 8.13. The highest BCUT2D eigenvalue weighted by atomic mass is 32.2. The molecule has 2 aliphatic rings. The van der Waals surface area contributed by atoms with Crippen LogP contribution in [0.4, 0.5) is 0 Å². The van der Waals surface area contributed by atoms with E-state index in [0.717, 1.165) is 5.92 Å². The Morgan fingerprint density at radius 1 is 0.929 bits per heavy atom. The molecule has 1 aliphatic carbocycles. The second kappa shape index (κ2) is 9.65. The molecule has 28 heavy (non-hydrogen) atoms. The zero-order valence-electron chi connectivity index (χ0n) is 17.1. The molecule has 0 spiro atoms. The molecule has 1 heteroatoms. The number of thioether (sulfide) groups is 1. The van der Waals surface area contributed by atoms with Gasteiger partial charge in [0, 0.05) is 5.75 Å². The lowest BCUT2D eigenvalue weighted by atomic mass is 9.78. The van der Waals surface area contributed by atoms with Crippen molar-refractivity contribution in [1.82, 2.24) is 0 Å². The number of fused-ring (bicyclic) bond motifs is 5. The van der Waals surface area contributed by atoms with E-state index in [0.29, 0.717) is 0 Å². The Balaban J connectivity index is 0.000000336. The van der Waals surface area contributed by atoms with Crippen LogP contribution in [-0.4, -0.2) is 5.75 Å². The monoisotopic (exact) mass is 388 g/mol. The third-order valence-electron chi connectivity index (χ3n) is 6.24. The molecule has 3 aromatic carbocycles. The minimum atomic E-state index is 0.793. The highest BCUT2D eigenvalue weighted by Gasteiger charge is 2.21. The maximum Gasteiger partial charge on any atom is 0.000884 e. The van der Waals surface area contributed by atoms with Crippen molar-refractivity contribution in [1.29, 1.82) is 0 Å². The largest absolute Gasteiger partial charge is 0.134 e. The van der Waals surface area contributed by atoms with E-state index in [1.807, 2.05) is 11.8 Å². The maximum atomic E-state index is 2.44. The third-order valence-corrected chi connectivity index (χ3v) is 7.10. The Kier molecular flexibility index (Phi) is 6.75. The average Bonchev–Trinajstić information content (AvgIpc) is 3.34. The number of rotatable bonds is 4. The zero-order valence-corrected chi connectivity index (χ0v) is 17.9. The highest BCUT2D eigenvalue weighted by Crippen LogP contribution is 2.40. The first-order chi connectivity index (χ1) is 13.9. The Morgan fingerprint density at radius 2 is 1.82 bits per heavy atom. The summed E-state index contributed by atoms with van der Waals surface area (Å²) in [6.07, 6.45) is 12.9. The smallest absolute Gasteiger partial charge is 0.000884 e. The summed E-state index contributed by atoms with van der Waals surface area (Å²) in [6, 6.07) is 18.3. The van der Waals surface area contributed by atoms with Crippen molar-refractivity contribution in [3.8, 4) is 0 Å². The quantitative estimate of drug-likeness (QED) is 0.318. The van der Waals surface area contributed by atoms with Gasteiger partial charge in [-0.25, -0.2) is 0 Å². The van der Waals surface area contributed by atoms with Crippen molar-refractivity contribution < 1.29 is 0 Å². The summed E-state index contributed by atoms with van der Waals surface area (Å²) in [6.45, 7) is 2.30. The van der Waals surface area contributed by atoms with E-state index in [2.05, 4.69) is 66.9 Å². The minimum absolute atomic E-state index is 0.793. The van der Waals surface area contributed by atoms with E-state index >= 15 is 0 Å². The number of hydrogen-bond donors (Lipinski definition) is 0. The molecule has 0 amide bonds. The van der Waals surface area contributed by atoms with Crippen molar-refractivity contribution in [2.75, 3.05) is 5.75 Å². The van der Waals surface area contributed by atoms with Crippen molar-refractivity contribution in [3.05, 3.63) is 71.1 Å². The SMILES string of the molecule is C1=CSCC1.CCCCCC1CCCc2c1ccc1c2ccc2ccccc21. The van der Waals surface area contributed by atoms with Gasteiger partial charge in [0.05, 0.1) is 0 Å². The zero-order chi connectivity index (χ0) is 19.2. The molecule has 5 rings (SSSR count). The molecule has 0 saturated heterocycles. The second-order valence-corrected chi connectivity index (χ2v) is 9.15. The lowest BCUT2D eigenvalue weighted by Gasteiger charge is -2.27. The van der Waals surface area contributed by atoms with Gasteiger partial charge in [-0.15, -0.1) is 11.8 Å². The topological polar surface area (TPSA) is 0 Å². The summed E-state index contributed by atoms with van der Waals surface area (Å²) in [5.41, 5.74) is 3.29. The fourth-order valence-corrected chi connectivity index (χ4v) is 5.47.